The van der Waals surface area contributed by atoms with E-state index >= 15 is 0 Å². The first-order valence-electron chi connectivity index (χ1n) is 6.85. The third-order valence-electron chi connectivity index (χ3n) is 3.61. The zero-order valence-corrected chi connectivity index (χ0v) is 11.6. The summed E-state index contributed by atoms with van der Waals surface area (Å²) in [6.45, 7) is 2.19. The largest absolute Gasteiger partial charge is 0.508 e. The van der Waals surface area contributed by atoms with Crippen LogP contribution in [0.2, 0.25) is 0 Å². The normalized spacial score (nSPS) is 20.6. The summed E-state index contributed by atoms with van der Waals surface area (Å²) in [7, 11) is 0. The molecule has 2 atom stereocenters. The molecule has 5 nitrogen and oxygen atoms in total. The van der Waals surface area contributed by atoms with Crippen LogP contribution >= 0.6 is 0 Å². The van der Waals surface area contributed by atoms with Gasteiger partial charge in [-0.1, -0.05) is 6.92 Å². The van der Waals surface area contributed by atoms with E-state index in [-0.39, 0.29) is 11.7 Å². The lowest BCUT2D eigenvalue weighted by atomic mass is 10.2. The van der Waals surface area contributed by atoms with Gasteiger partial charge in [-0.3, -0.25) is 4.79 Å². The Labute approximate surface area is 122 Å². The quantitative estimate of drug-likeness (QED) is 0.669. The number of nitrogens with zero attached hydrogens (tertiary/aromatic N) is 1. The van der Waals surface area contributed by atoms with Crippen molar-refractivity contribution in [3.8, 4) is 5.75 Å². The number of phenols is 1. The van der Waals surface area contributed by atoms with Crippen LogP contribution in [0.15, 0.2) is 45.9 Å². The van der Waals surface area contributed by atoms with Crippen LogP contribution in [-0.4, -0.2) is 17.2 Å². The van der Waals surface area contributed by atoms with Crippen molar-refractivity contribution < 1.29 is 14.3 Å². The van der Waals surface area contributed by atoms with Crippen molar-refractivity contribution in [3.63, 3.8) is 0 Å². The van der Waals surface area contributed by atoms with E-state index in [9.17, 15) is 4.79 Å². The lowest BCUT2D eigenvalue weighted by Crippen LogP contribution is -2.17. The van der Waals surface area contributed by atoms with Gasteiger partial charge in [-0.2, -0.15) is 5.10 Å². The van der Waals surface area contributed by atoms with Gasteiger partial charge in [-0.05, 0) is 48.7 Å². The number of carbonyl (C=O) groups excluding carboxylic acids is 1. The fraction of sp³-hybridized carbons (Fsp3) is 0.250. The van der Waals surface area contributed by atoms with E-state index in [1.165, 1.54) is 36.9 Å². The Bertz CT molecular complexity index is 673. The van der Waals surface area contributed by atoms with Crippen molar-refractivity contribution in [1.29, 1.82) is 0 Å². The van der Waals surface area contributed by atoms with Gasteiger partial charge in [0.2, 0.25) is 0 Å². The summed E-state index contributed by atoms with van der Waals surface area (Å²) in [4.78, 5) is 11.8. The molecular weight excluding hydrogens is 268 g/mol. The lowest BCUT2D eigenvalue weighted by Gasteiger charge is -1.99. The fourth-order valence-corrected chi connectivity index (χ4v) is 2.19. The Morgan fingerprint density at radius 2 is 2.05 bits per heavy atom. The zero-order chi connectivity index (χ0) is 14.8. The van der Waals surface area contributed by atoms with Crippen molar-refractivity contribution in [2.45, 2.75) is 19.3 Å². The molecule has 1 fully saturated rings. The first kappa shape index (κ1) is 13.4. The Morgan fingerprint density at radius 3 is 2.71 bits per heavy atom. The van der Waals surface area contributed by atoms with Gasteiger partial charge in [-0.15, -0.1) is 0 Å². The van der Waals surface area contributed by atoms with E-state index in [0.29, 0.717) is 23.2 Å². The highest BCUT2D eigenvalue weighted by Gasteiger charge is 2.36. The molecule has 0 saturated heterocycles. The summed E-state index contributed by atoms with van der Waals surface area (Å²) >= 11 is 0. The van der Waals surface area contributed by atoms with Crippen molar-refractivity contribution in [2.75, 3.05) is 0 Å². The summed E-state index contributed by atoms with van der Waals surface area (Å²) in [6.07, 6.45) is 2.65. The van der Waals surface area contributed by atoms with E-state index in [1.807, 2.05) is 12.1 Å². The van der Waals surface area contributed by atoms with Gasteiger partial charge in [0.25, 0.3) is 5.91 Å². The smallest absolute Gasteiger partial charge is 0.271 e. The molecule has 1 aliphatic rings. The number of hydrogen-bond acceptors (Lipinski definition) is 4. The van der Waals surface area contributed by atoms with Crippen molar-refractivity contribution in [2.24, 2.45) is 11.0 Å². The molecule has 1 amide bonds. The SMILES string of the molecule is C[C@@H]1C[C@@H]1c1ccc(/C=N\NC(=O)c2ccc(O)cc2)o1. The molecule has 0 aliphatic heterocycles. The van der Waals surface area contributed by atoms with Gasteiger partial charge >= 0.3 is 0 Å². The second kappa shape index (κ2) is 5.44. The first-order chi connectivity index (χ1) is 10.1. The Morgan fingerprint density at radius 1 is 1.33 bits per heavy atom. The number of carbonyl (C=O) groups is 1. The molecular formula is C16H16N2O3. The van der Waals surface area contributed by atoms with Crippen LogP contribution in [0.1, 0.15) is 41.1 Å². The highest BCUT2D eigenvalue weighted by molar-refractivity contribution is 5.94. The number of furan rings is 1. The maximum Gasteiger partial charge on any atom is 0.271 e. The predicted octanol–water partition coefficient (Wildman–Crippen LogP) is 2.87. The molecule has 0 spiro atoms. The molecule has 0 radical (unpaired) electrons. The summed E-state index contributed by atoms with van der Waals surface area (Å²) in [5, 5.41) is 13.0. The standard InChI is InChI=1S/C16H16N2O3/c1-10-8-14(10)15-7-6-13(21-15)9-17-18-16(20)11-2-4-12(19)5-3-11/h2-7,9-10,14,19H,8H2,1H3,(H,18,20)/b17-9-/t10-,14+/m1/s1. The maximum absolute atomic E-state index is 11.8. The maximum atomic E-state index is 11.8. The minimum atomic E-state index is -0.339. The van der Waals surface area contributed by atoms with Crippen LogP contribution in [0.25, 0.3) is 0 Å². The van der Waals surface area contributed by atoms with Crippen LogP contribution < -0.4 is 5.43 Å². The van der Waals surface area contributed by atoms with E-state index in [1.54, 1.807) is 0 Å². The number of nitrogens with one attached hydrogen (secondary N) is 1. The van der Waals surface area contributed by atoms with E-state index in [2.05, 4.69) is 17.5 Å². The monoisotopic (exact) mass is 284 g/mol. The summed E-state index contributed by atoms with van der Waals surface area (Å²) in [6, 6.07) is 9.76. The summed E-state index contributed by atoms with van der Waals surface area (Å²) in [5.41, 5.74) is 2.85. The summed E-state index contributed by atoms with van der Waals surface area (Å²) in [5.74, 6) is 2.60. The van der Waals surface area contributed by atoms with Crippen LogP contribution in [0, 0.1) is 5.92 Å². The van der Waals surface area contributed by atoms with Crippen LogP contribution in [0.4, 0.5) is 0 Å². The molecule has 1 saturated carbocycles. The van der Waals surface area contributed by atoms with Gasteiger partial charge in [0.15, 0.2) is 0 Å². The Kier molecular flexibility index (Phi) is 3.48. The van der Waals surface area contributed by atoms with E-state index < -0.39 is 0 Å². The minimum Gasteiger partial charge on any atom is -0.508 e. The van der Waals surface area contributed by atoms with Crippen molar-refractivity contribution in [1.82, 2.24) is 5.43 Å². The van der Waals surface area contributed by atoms with Gasteiger partial charge in [0.1, 0.15) is 17.3 Å². The van der Waals surface area contributed by atoms with E-state index in [0.717, 1.165) is 5.76 Å². The van der Waals surface area contributed by atoms with Crippen LogP contribution in [0.3, 0.4) is 0 Å². The average molecular weight is 284 g/mol. The fourth-order valence-electron chi connectivity index (χ4n) is 2.19. The molecule has 0 unspecified atom stereocenters. The molecule has 21 heavy (non-hydrogen) atoms. The highest BCUT2D eigenvalue weighted by Crippen LogP contribution is 2.47. The number of hydrazone groups is 1. The Hall–Kier alpha value is -2.56. The molecule has 2 aromatic rings. The van der Waals surface area contributed by atoms with Gasteiger partial charge in [0, 0.05) is 11.5 Å². The third kappa shape index (κ3) is 3.13. The molecule has 1 aromatic carbocycles. The highest BCUT2D eigenvalue weighted by atomic mass is 16.3. The Balaban J connectivity index is 1.57. The van der Waals surface area contributed by atoms with Gasteiger partial charge < -0.3 is 9.52 Å². The van der Waals surface area contributed by atoms with Gasteiger partial charge in [-0.25, -0.2) is 5.43 Å². The third-order valence-corrected chi connectivity index (χ3v) is 3.61. The number of phenolic OH excluding ortho intramolecular Hbond substituents is 1. The number of amides is 1. The second-order valence-electron chi connectivity index (χ2n) is 5.31. The molecule has 1 heterocycles. The second-order valence-corrected chi connectivity index (χ2v) is 5.31. The molecule has 108 valence electrons. The molecule has 2 N–H and O–H groups in total. The molecule has 0 bridgehead atoms. The predicted molar refractivity (Wildman–Crippen MR) is 78.4 cm³/mol. The van der Waals surface area contributed by atoms with Crippen molar-refractivity contribution in [3.05, 3.63) is 53.5 Å². The first-order valence-corrected chi connectivity index (χ1v) is 6.85. The minimum absolute atomic E-state index is 0.118. The van der Waals surface area contributed by atoms with E-state index in [4.69, 9.17) is 9.52 Å². The number of aromatic hydroxyl groups is 1. The average Bonchev–Trinajstić information content (AvgIpc) is 3.01. The van der Waals surface area contributed by atoms with Crippen molar-refractivity contribution >= 4 is 12.1 Å². The van der Waals surface area contributed by atoms with Gasteiger partial charge in [0.05, 0.1) is 6.21 Å². The van der Waals surface area contributed by atoms with Crippen LogP contribution in [-0.2, 0) is 0 Å². The number of rotatable bonds is 4. The topological polar surface area (TPSA) is 74.8 Å². The lowest BCUT2D eigenvalue weighted by molar-refractivity contribution is 0.0955. The molecule has 1 aromatic heterocycles. The molecule has 5 heteroatoms. The molecule has 1 aliphatic carbocycles. The van der Waals surface area contributed by atoms with Crippen LogP contribution in [0.5, 0.6) is 5.75 Å². The number of benzene rings is 1. The zero-order valence-electron chi connectivity index (χ0n) is 11.6. The summed E-state index contributed by atoms with van der Waals surface area (Å²) < 4.78 is 5.65. The molecule has 3 rings (SSSR count). The number of hydrogen-bond donors (Lipinski definition) is 2.